The maximum absolute atomic E-state index is 6.14. The van der Waals surface area contributed by atoms with Gasteiger partial charge < -0.3 is 10.6 Å². The molecule has 1 rings (SSSR count). The molecule has 0 aliphatic rings. The van der Waals surface area contributed by atoms with Crippen LogP contribution in [0.5, 0.6) is 0 Å². The normalized spacial score (nSPS) is 13.5. The summed E-state index contributed by atoms with van der Waals surface area (Å²) < 4.78 is 1.77. The Balaban J connectivity index is 2.82. The minimum Gasteiger partial charge on any atom is -0.329 e. The molecule has 0 fully saturated rings. The third kappa shape index (κ3) is 5.33. The highest BCUT2D eigenvalue weighted by atomic mass is 79.9. The monoisotopic (exact) mass is 367 g/mol. The van der Waals surface area contributed by atoms with Crippen LogP contribution < -0.4 is 5.73 Å². The summed E-state index contributed by atoms with van der Waals surface area (Å²) in [6.45, 7) is 5.94. The van der Waals surface area contributed by atoms with Crippen LogP contribution in [0.4, 0.5) is 0 Å². The number of halogens is 2. The molecule has 1 atom stereocenters. The lowest BCUT2D eigenvalue weighted by Gasteiger charge is -2.31. The van der Waals surface area contributed by atoms with E-state index in [1.54, 1.807) is 11.3 Å². The molecule has 0 radical (unpaired) electrons. The van der Waals surface area contributed by atoms with E-state index in [9.17, 15) is 0 Å². The van der Waals surface area contributed by atoms with E-state index < -0.39 is 0 Å². The largest absolute Gasteiger partial charge is 0.329 e. The van der Waals surface area contributed by atoms with Crippen LogP contribution in [0.15, 0.2) is 10.5 Å². The fourth-order valence-electron chi connectivity index (χ4n) is 2.01. The van der Waals surface area contributed by atoms with E-state index in [1.165, 1.54) is 4.88 Å². The van der Waals surface area contributed by atoms with Gasteiger partial charge in [-0.25, -0.2) is 0 Å². The molecule has 0 aliphatic carbocycles. The lowest BCUT2D eigenvalue weighted by molar-refractivity contribution is 0.185. The van der Waals surface area contributed by atoms with E-state index in [-0.39, 0.29) is 6.04 Å². The van der Waals surface area contributed by atoms with E-state index in [2.05, 4.69) is 52.8 Å². The molecule has 0 amide bonds. The Morgan fingerprint density at radius 3 is 2.47 bits per heavy atom. The molecule has 6 heteroatoms. The molecule has 19 heavy (non-hydrogen) atoms. The first kappa shape index (κ1) is 17.4. The summed E-state index contributed by atoms with van der Waals surface area (Å²) in [7, 11) is 4.19. The maximum Gasteiger partial charge on any atom is 0.107 e. The molecule has 1 heterocycles. The number of hydrogen-bond donors (Lipinski definition) is 1. The van der Waals surface area contributed by atoms with Gasteiger partial charge >= 0.3 is 0 Å². The topological polar surface area (TPSA) is 32.5 Å². The highest BCUT2D eigenvalue weighted by Crippen LogP contribution is 2.36. The van der Waals surface area contributed by atoms with E-state index >= 15 is 0 Å². The van der Waals surface area contributed by atoms with Crippen molar-refractivity contribution >= 4 is 38.9 Å². The van der Waals surface area contributed by atoms with Gasteiger partial charge in [-0.1, -0.05) is 18.5 Å². The average molecular weight is 369 g/mol. The molecule has 0 spiro atoms. The van der Waals surface area contributed by atoms with Gasteiger partial charge in [-0.05, 0) is 49.1 Å². The molecule has 0 aromatic carbocycles. The number of nitrogens with two attached hydrogens (primary N) is 1. The van der Waals surface area contributed by atoms with Crippen molar-refractivity contribution in [2.24, 2.45) is 5.73 Å². The van der Waals surface area contributed by atoms with Gasteiger partial charge in [0, 0.05) is 29.0 Å². The van der Waals surface area contributed by atoms with Crippen LogP contribution >= 0.6 is 38.9 Å². The van der Waals surface area contributed by atoms with Crippen molar-refractivity contribution < 1.29 is 0 Å². The van der Waals surface area contributed by atoms with Gasteiger partial charge in [-0.2, -0.15) is 0 Å². The minimum absolute atomic E-state index is 0.258. The van der Waals surface area contributed by atoms with Gasteiger partial charge in [0.15, 0.2) is 0 Å². The van der Waals surface area contributed by atoms with E-state index in [1.807, 2.05) is 0 Å². The predicted octanol–water partition coefficient (Wildman–Crippen LogP) is 3.44. The fourth-order valence-corrected chi connectivity index (χ4v) is 3.90. The van der Waals surface area contributed by atoms with E-state index in [4.69, 9.17) is 17.3 Å². The molecule has 110 valence electrons. The lowest BCUT2D eigenvalue weighted by atomic mass is 10.2. The Hall–Kier alpha value is 0.350. The van der Waals surface area contributed by atoms with Gasteiger partial charge in [-0.15, -0.1) is 11.3 Å². The van der Waals surface area contributed by atoms with Crippen LogP contribution in [0.2, 0.25) is 4.34 Å². The van der Waals surface area contributed by atoms with Crippen LogP contribution in [-0.2, 0) is 0 Å². The van der Waals surface area contributed by atoms with Crippen molar-refractivity contribution in [1.82, 2.24) is 9.80 Å². The molecule has 0 saturated heterocycles. The number of thiophene rings is 1. The van der Waals surface area contributed by atoms with Crippen molar-refractivity contribution in [2.45, 2.75) is 19.4 Å². The summed E-state index contributed by atoms with van der Waals surface area (Å²) >= 11 is 11.2. The average Bonchev–Trinajstić information content (AvgIpc) is 2.67. The van der Waals surface area contributed by atoms with Crippen molar-refractivity contribution in [2.75, 3.05) is 40.3 Å². The minimum atomic E-state index is 0.258. The standard InChI is InChI=1S/C13H23BrClN3S/c1-4-5-18(7-6-17(2)3)11(9-16)12-8-10(14)13(15)19-12/h8,11H,4-7,9,16H2,1-3H3. The first-order valence-electron chi connectivity index (χ1n) is 6.53. The smallest absolute Gasteiger partial charge is 0.107 e. The second-order valence-electron chi connectivity index (χ2n) is 4.86. The van der Waals surface area contributed by atoms with Crippen molar-refractivity contribution in [3.05, 3.63) is 19.8 Å². The number of nitrogens with zero attached hydrogens (tertiary/aromatic N) is 2. The molecule has 3 nitrogen and oxygen atoms in total. The maximum atomic E-state index is 6.14. The third-order valence-electron chi connectivity index (χ3n) is 3.00. The van der Waals surface area contributed by atoms with E-state index in [0.29, 0.717) is 6.54 Å². The summed E-state index contributed by atoms with van der Waals surface area (Å²) in [4.78, 5) is 5.90. The van der Waals surface area contributed by atoms with Crippen LogP contribution in [0.3, 0.4) is 0 Å². The first-order valence-corrected chi connectivity index (χ1v) is 8.51. The summed E-state index contributed by atoms with van der Waals surface area (Å²) in [6.07, 6.45) is 1.13. The molecule has 0 saturated carbocycles. The molecule has 0 aliphatic heterocycles. The van der Waals surface area contributed by atoms with E-state index in [0.717, 1.165) is 34.9 Å². The summed E-state index contributed by atoms with van der Waals surface area (Å²) in [5.41, 5.74) is 5.99. The summed E-state index contributed by atoms with van der Waals surface area (Å²) in [6, 6.07) is 2.36. The summed E-state index contributed by atoms with van der Waals surface area (Å²) in [5.74, 6) is 0. The molecule has 2 N–H and O–H groups in total. The second kappa shape index (κ2) is 8.60. The highest BCUT2D eigenvalue weighted by molar-refractivity contribution is 9.10. The lowest BCUT2D eigenvalue weighted by Crippen LogP contribution is -2.38. The Bertz CT molecular complexity index is 364. The van der Waals surface area contributed by atoms with Crippen LogP contribution in [0, 0.1) is 0 Å². The quantitative estimate of drug-likeness (QED) is 0.763. The van der Waals surface area contributed by atoms with Gasteiger partial charge in [-0.3, -0.25) is 4.90 Å². The van der Waals surface area contributed by atoms with Crippen LogP contribution in [0.25, 0.3) is 0 Å². The Morgan fingerprint density at radius 2 is 2.05 bits per heavy atom. The molecule has 1 unspecified atom stereocenters. The number of likely N-dealkylation sites (N-methyl/N-ethyl adjacent to an activating group) is 1. The van der Waals surface area contributed by atoms with Gasteiger partial charge in [0.25, 0.3) is 0 Å². The highest BCUT2D eigenvalue weighted by Gasteiger charge is 2.21. The van der Waals surface area contributed by atoms with Crippen molar-refractivity contribution in [3.63, 3.8) is 0 Å². The molecule has 1 aromatic rings. The van der Waals surface area contributed by atoms with Crippen molar-refractivity contribution in [3.8, 4) is 0 Å². The zero-order valence-electron chi connectivity index (χ0n) is 11.8. The first-order chi connectivity index (χ1) is 8.99. The van der Waals surface area contributed by atoms with Gasteiger partial charge in [0.05, 0.1) is 6.04 Å². The predicted molar refractivity (Wildman–Crippen MR) is 89.2 cm³/mol. The Kier molecular flexibility index (Phi) is 7.87. The zero-order chi connectivity index (χ0) is 14.4. The molecule has 1 aromatic heterocycles. The van der Waals surface area contributed by atoms with Crippen LogP contribution in [0.1, 0.15) is 24.3 Å². The number of rotatable bonds is 8. The van der Waals surface area contributed by atoms with Crippen molar-refractivity contribution in [1.29, 1.82) is 0 Å². The Morgan fingerprint density at radius 1 is 1.37 bits per heavy atom. The molecular formula is C13H23BrClN3S. The number of hydrogen-bond acceptors (Lipinski definition) is 4. The summed E-state index contributed by atoms with van der Waals surface area (Å²) in [5, 5.41) is 0. The zero-order valence-corrected chi connectivity index (χ0v) is 15.0. The van der Waals surface area contributed by atoms with Gasteiger partial charge in [0.1, 0.15) is 4.34 Å². The third-order valence-corrected chi connectivity index (χ3v) is 5.58. The molecular weight excluding hydrogens is 346 g/mol. The SMILES string of the molecule is CCCN(CCN(C)C)C(CN)c1cc(Br)c(Cl)s1. The molecule has 0 bridgehead atoms. The van der Waals surface area contributed by atoms with Gasteiger partial charge in [0.2, 0.25) is 0 Å². The fraction of sp³-hybridized carbons (Fsp3) is 0.692. The second-order valence-corrected chi connectivity index (χ2v) is 7.40. The Labute approximate surface area is 133 Å². The van der Waals surface area contributed by atoms with Crippen LogP contribution in [-0.4, -0.2) is 50.1 Å².